The Labute approximate surface area is 99.7 Å². The van der Waals surface area contributed by atoms with Gasteiger partial charge in [-0.15, -0.1) is 0 Å². The summed E-state index contributed by atoms with van der Waals surface area (Å²) in [5, 5.41) is 0. The molecule has 3 nitrogen and oxygen atoms in total. The molecular weight excluding hydrogens is 222 g/mol. The van der Waals surface area contributed by atoms with Crippen molar-refractivity contribution in [1.82, 2.24) is 0 Å². The maximum Gasteiger partial charge on any atom is 0.147 e. The average Bonchev–Trinajstić information content (AvgIpc) is 2.18. The van der Waals surface area contributed by atoms with Gasteiger partial charge in [0.2, 0.25) is 0 Å². The minimum Gasteiger partial charge on any atom is -0.327 e. The monoisotopic (exact) mass is 247 g/mol. The molecule has 3 unspecified atom stereocenters. The van der Waals surface area contributed by atoms with Crippen LogP contribution in [0.15, 0.2) is 0 Å². The third kappa shape index (κ3) is 4.83. The topological polar surface area (TPSA) is 60.2 Å². The number of sulfone groups is 1. The van der Waals surface area contributed by atoms with Crippen LogP contribution in [-0.2, 0) is 9.84 Å². The number of nitrogens with two attached hydrogens (primary N) is 1. The molecule has 1 aliphatic rings. The summed E-state index contributed by atoms with van der Waals surface area (Å²) in [5.41, 5.74) is 6.07. The Morgan fingerprint density at radius 3 is 2.50 bits per heavy atom. The van der Waals surface area contributed by atoms with Crippen LogP contribution in [0.4, 0.5) is 0 Å². The van der Waals surface area contributed by atoms with Crippen LogP contribution < -0.4 is 5.73 Å². The molecule has 1 rings (SSSR count). The summed E-state index contributed by atoms with van der Waals surface area (Å²) in [6.45, 7) is 2.21. The SMILES string of the molecule is CCCC1CCC(N)C(CCS(C)(=O)=O)C1. The first-order valence-electron chi connectivity index (χ1n) is 6.35. The quantitative estimate of drug-likeness (QED) is 0.808. The van der Waals surface area contributed by atoms with Crippen LogP contribution in [0.5, 0.6) is 0 Å². The highest BCUT2D eigenvalue weighted by atomic mass is 32.2. The summed E-state index contributed by atoms with van der Waals surface area (Å²) < 4.78 is 22.3. The summed E-state index contributed by atoms with van der Waals surface area (Å²) in [6.07, 6.45) is 7.97. The lowest BCUT2D eigenvalue weighted by Gasteiger charge is -2.34. The standard InChI is InChI=1S/C12H25NO2S/c1-3-4-10-5-6-12(13)11(9-10)7-8-16(2,14)15/h10-12H,3-9,13H2,1-2H3. The molecule has 0 aromatic heterocycles. The zero-order chi connectivity index (χ0) is 12.2. The first-order valence-corrected chi connectivity index (χ1v) is 8.41. The van der Waals surface area contributed by atoms with Gasteiger partial charge in [-0.2, -0.15) is 0 Å². The van der Waals surface area contributed by atoms with Crippen LogP contribution in [-0.4, -0.2) is 26.5 Å². The van der Waals surface area contributed by atoms with Crippen LogP contribution in [0.2, 0.25) is 0 Å². The number of hydrogen-bond donors (Lipinski definition) is 1. The van der Waals surface area contributed by atoms with Crippen LogP contribution in [0.1, 0.15) is 45.4 Å². The van der Waals surface area contributed by atoms with Crippen molar-refractivity contribution in [2.75, 3.05) is 12.0 Å². The third-order valence-corrected chi connectivity index (χ3v) is 4.68. The van der Waals surface area contributed by atoms with Crippen molar-refractivity contribution in [3.05, 3.63) is 0 Å². The molecule has 0 spiro atoms. The van der Waals surface area contributed by atoms with Gasteiger partial charge in [0.25, 0.3) is 0 Å². The Bertz CT molecular complexity index is 300. The van der Waals surface area contributed by atoms with Gasteiger partial charge in [-0.1, -0.05) is 19.8 Å². The predicted octanol–water partition coefficient (Wildman–Crippen LogP) is 1.96. The van der Waals surface area contributed by atoms with Gasteiger partial charge < -0.3 is 5.73 Å². The Morgan fingerprint density at radius 1 is 1.25 bits per heavy atom. The van der Waals surface area contributed by atoms with E-state index in [1.54, 1.807) is 0 Å². The molecule has 0 bridgehead atoms. The molecule has 16 heavy (non-hydrogen) atoms. The van der Waals surface area contributed by atoms with Crippen LogP contribution >= 0.6 is 0 Å². The van der Waals surface area contributed by atoms with Crippen LogP contribution in [0.3, 0.4) is 0 Å². The van der Waals surface area contributed by atoms with Crippen molar-refractivity contribution in [1.29, 1.82) is 0 Å². The predicted molar refractivity (Wildman–Crippen MR) is 68.0 cm³/mol. The van der Waals surface area contributed by atoms with Crippen molar-refractivity contribution in [3.8, 4) is 0 Å². The van der Waals surface area contributed by atoms with E-state index < -0.39 is 9.84 Å². The average molecular weight is 247 g/mol. The summed E-state index contributed by atoms with van der Waals surface area (Å²) in [6, 6.07) is 0.217. The summed E-state index contributed by atoms with van der Waals surface area (Å²) in [4.78, 5) is 0. The number of hydrogen-bond acceptors (Lipinski definition) is 3. The molecule has 3 atom stereocenters. The minimum absolute atomic E-state index is 0.217. The Morgan fingerprint density at radius 2 is 1.94 bits per heavy atom. The van der Waals surface area contributed by atoms with E-state index >= 15 is 0 Å². The molecule has 1 fully saturated rings. The molecule has 0 heterocycles. The van der Waals surface area contributed by atoms with Gasteiger partial charge in [-0.05, 0) is 37.5 Å². The van der Waals surface area contributed by atoms with E-state index in [-0.39, 0.29) is 6.04 Å². The molecule has 96 valence electrons. The highest BCUT2D eigenvalue weighted by Crippen LogP contribution is 2.33. The van der Waals surface area contributed by atoms with Gasteiger partial charge >= 0.3 is 0 Å². The lowest BCUT2D eigenvalue weighted by Crippen LogP contribution is -2.37. The third-order valence-electron chi connectivity index (χ3n) is 3.71. The lowest BCUT2D eigenvalue weighted by molar-refractivity contribution is 0.218. The molecule has 0 aromatic carbocycles. The Hall–Kier alpha value is -0.0900. The van der Waals surface area contributed by atoms with E-state index in [0.29, 0.717) is 11.7 Å². The van der Waals surface area contributed by atoms with Crippen LogP contribution in [0.25, 0.3) is 0 Å². The van der Waals surface area contributed by atoms with E-state index in [0.717, 1.165) is 25.2 Å². The largest absolute Gasteiger partial charge is 0.327 e. The van der Waals surface area contributed by atoms with Crippen molar-refractivity contribution >= 4 is 9.84 Å². The summed E-state index contributed by atoms with van der Waals surface area (Å²) in [7, 11) is -2.83. The molecule has 2 N–H and O–H groups in total. The highest BCUT2D eigenvalue weighted by Gasteiger charge is 2.28. The normalized spacial score (nSPS) is 31.6. The second-order valence-corrected chi connectivity index (χ2v) is 7.57. The smallest absolute Gasteiger partial charge is 0.147 e. The molecule has 1 aliphatic carbocycles. The number of rotatable bonds is 5. The van der Waals surface area contributed by atoms with Crippen molar-refractivity contribution in [2.45, 2.75) is 51.5 Å². The minimum atomic E-state index is -2.83. The van der Waals surface area contributed by atoms with E-state index in [4.69, 9.17) is 5.73 Å². The van der Waals surface area contributed by atoms with E-state index in [1.807, 2.05) is 0 Å². The van der Waals surface area contributed by atoms with Crippen molar-refractivity contribution in [3.63, 3.8) is 0 Å². The molecule has 0 saturated heterocycles. The molecule has 1 saturated carbocycles. The molecule has 0 aromatic rings. The highest BCUT2D eigenvalue weighted by molar-refractivity contribution is 7.90. The van der Waals surface area contributed by atoms with Crippen molar-refractivity contribution in [2.24, 2.45) is 17.6 Å². The zero-order valence-corrected chi connectivity index (χ0v) is 11.3. The van der Waals surface area contributed by atoms with E-state index in [9.17, 15) is 8.42 Å². The van der Waals surface area contributed by atoms with E-state index in [1.165, 1.54) is 25.5 Å². The summed E-state index contributed by atoms with van der Waals surface area (Å²) in [5.74, 6) is 1.49. The molecule has 0 radical (unpaired) electrons. The van der Waals surface area contributed by atoms with Gasteiger partial charge in [0.1, 0.15) is 9.84 Å². The fourth-order valence-electron chi connectivity index (χ4n) is 2.75. The fraction of sp³-hybridized carbons (Fsp3) is 1.00. The van der Waals surface area contributed by atoms with Gasteiger partial charge in [-0.25, -0.2) is 8.42 Å². The zero-order valence-electron chi connectivity index (χ0n) is 10.5. The molecule has 0 aliphatic heterocycles. The maximum absolute atomic E-state index is 11.1. The van der Waals surface area contributed by atoms with Gasteiger partial charge in [-0.3, -0.25) is 0 Å². The van der Waals surface area contributed by atoms with Crippen molar-refractivity contribution < 1.29 is 8.42 Å². The second-order valence-electron chi connectivity index (χ2n) is 5.31. The Balaban J connectivity index is 2.43. The van der Waals surface area contributed by atoms with Gasteiger partial charge in [0.05, 0.1) is 5.75 Å². The van der Waals surface area contributed by atoms with Gasteiger partial charge in [0.15, 0.2) is 0 Å². The first-order chi connectivity index (χ1) is 7.42. The Kier molecular flexibility index (Phi) is 5.25. The lowest BCUT2D eigenvalue weighted by atomic mass is 9.75. The van der Waals surface area contributed by atoms with E-state index in [2.05, 4.69) is 6.92 Å². The maximum atomic E-state index is 11.1. The summed E-state index contributed by atoms with van der Waals surface area (Å²) >= 11 is 0. The second kappa shape index (κ2) is 6.01. The van der Waals surface area contributed by atoms with Crippen LogP contribution in [0, 0.1) is 11.8 Å². The molecule has 4 heteroatoms. The molecule has 0 amide bonds. The fourth-order valence-corrected chi connectivity index (χ4v) is 3.48. The first kappa shape index (κ1) is 14.0. The molecular formula is C12H25NO2S. The van der Waals surface area contributed by atoms with Gasteiger partial charge in [0, 0.05) is 12.3 Å².